The minimum Gasteiger partial charge on any atom is -0.372 e. The van der Waals surface area contributed by atoms with Crippen LogP contribution in [0.5, 0.6) is 0 Å². The fraction of sp³-hybridized carbons (Fsp3) is 0.556. The lowest BCUT2D eigenvalue weighted by Gasteiger charge is -2.09. The van der Waals surface area contributed by atoms with E-state index in [0.717, 1.165) is 15.7 Å². The van der Waals surface area contributed by atoms with Crippen LogP contribution in [-0.4, -0.2) is 31.7 Å². The summed E-state index contributed by atoms with van der Waals surface area (Å²) in [5.41, 5.74) is 0.874. The van der Waals surface area contributed by atoms with Crippen molar-refractivity contribution in [1.82, 2.24) is 9.97 Å². The number of nitrogens with one attached hydrogen (secondary N) is 1. The highest BCUT2D eigenvalue weighted by atomic mass is 127. The molecule has 1 aromatic rings. The van der Waals surface area contributed by atoms with Gasteiger partial charge in [0.05, 0.1) is 9.26 Å². The molecule has 0 spiro atoms. The zero-order valence-corrected chi connectivity index (χ0v) is 12.4. The Labute approximate surface area is 109 Å². The average molecular weight is 355 g/mol. The van der Waals surface area contributed by atoms with Crippen LogP contribution in [0, 0.1) is 3.57 Å². The zero-order valence-electron chi connectivity index (χ0n) is 9.41. The molecule has 0 bridgehead atoms. The van der Waals surface area contributed by atoms with E-state index >= 15 is 0 Å². The van der Waals surface area contributed by atoms with Gasteiger partial charge in [0.15, 0.2) is 9.84 Å². The first-order chi connectivity index (χ1) is 7.37. The molecule has 7 heteroatoms. The van der Waals surface area contributed by atoms with Crippen LogP contribution in [0.1, 0.15) is 18.4 Å². The summed E-state index contributed by atoms with van der Waals surface area (Å²) in [6.45, 7) is 1.98. The van der Waals surface area contributed by atoms with Crippen LogP contribution in [0.2, 0.25) is 0 Å². The Kier molecular flexibility index (Phi) is 4.48. The van der Waals surface area contributed by atoms with Crippen LogP contribution < -0.4 is 5.32 Å². The van der Waals surface area contributed by atoms with Crippen molar-refractivity contribution in [2.45, 2.75) is 19.1 Å². The molecule has 90 valence electrons. The SMILES string of the molecule is CCc1nc(CS(C)(=O)=O)nc(NC)c1I. The first-order valence-corrected chi connectivity index (χ1v) is 7.92. The number of nitrogens with zero attached hydrogens (tertiary/aromatic N) is 2. The quantitative estimate of drug-likeness (QED) is 0.823. The Balaban J connectivity index is 3.22. The van der Waals surface area contributed by atoms with Crippen LogP contribution in [-0.2, 0) is 22.0 Å². The van der Waals surface area contributed by atoms with Gasteiger partial charge >= 0.3 is 0 Å². The van der Waals surface area contributed by atoms with E-state index in [1.807, 2.05) is 6.92 Å². The van der Waals surface area contributed by atoms with Crippen LogP contribution in [0.4, 0.5) is 5.82 Å². The summed E-state index contributed by atoms with van der Waals surface area (Å²) in [5, 5.41) is 2.94. The molecule has 0 aliphatic rings. The Morgan fingerprint density at radius 3 is 2.44 bits per heavy atom. The molecular weight excluding hydrogens is 341 g/mol. The van der Waals surface area contributed by atoms with Gasteiger partial charge in [-0.3, -0.25) is 0 Å². The number of anilines is 1. The van der Waals surface area contributed by atoms with Crippen molar-refractivity contribution < 1.29 is 8.42 Å². The van der Waals surface area contributed by atoms with Gasteiger partial charge in [-0.15, -0.1) is 0 Å². The Morgan fingerprint density at radius 2 is 2.00 bits per heavy atom. The lowest BCUT2D eigenvalue weighted by molar-refractivity contribution is 0.599. The van der Waals surface area contributed by atoms with Crippen LogP contribution in [0.25, 0.3) is 0 Å². The maximum atomic E-state index is 11.2. The van der Waals surface area contributed by atoms with Crippen molar-refractivity contribution in [1.29, 1.82) is 0 Å². The fourth-order valence-corrected chi connectivity index (χ4v) is 2.73. The summed E-state index contributed by atoms with van der Waals surface area (Å²) in [4.78, 5) is 8.42. The van der Waals surface area contributed by atoms with E-state index in [1.165, 1.54) is 6.26 Å². The Bertz CT molecular complexity index is 463. The summed E-state index contributed by atoms with van der Waals surface area (Å²) in [6.07, 6.45) is 1.94. The van der Waals surface area contributed by atoms with Crippen molar-refractivity contribution in [2.24, 2.45) is 0 Å². The molecule has 1 heterocycles. The number of sulfone groups is 1. The minimum atomic E-state index is -3.10. The third-order valence-corrected chi connectivity index (χ3v) is 3.85. The van der Waals surface area contributed by atoms with E-state index in [0.29, 0.717) is 11.6 Å². The molecule has 0 atom stereocenters. The standard InChI is InChI=1S/C9H14IN3O2S/c1-4-6-8(10)9(11-2)13-7(12-6)5-16(3,14)15/h4-5H2,1-3H3,(H,11,12,13). The highest BCUT2D eigenvalue weighted by Gasteiger charge is 2.13. The van der Waals surface area contributed by atoms with Crippen LogP contribution >= 0.6 is 22.6 Å². The van der Waals surface area contributed by atoms with E-state index in [4.69, 9.17) is 0 Å². The predicted molar refractivity (Wildman–Crippen MR) is 72.2 cm³/mol. The lowest BCUT2D eigenvalue weighted by Crippen LogP contribution is -2.11. The molecule has 1 N–H and O–H groups in total. The summed E-state index contributed by atoms with van der Waals surface area (Å²) < 4.78 is 23.3. The maximum absolute atomic E-state index is 11.2. The van der Waals surface area contributed by atoms with Gasteiger partial charge < -0.3 is 5.32 Å². The maximum Gasteiger partial charge on any atom is 0.154 e. The highest BCUT2D eigenvalue weighted by molar-refractivity contribution is 14.1. The second kappa shape index (κ2) is 5.26. The van der Waals surface area contributed by atoms with Gasteiger partial charge in [0.1, 0.15) is 17.4 Å². The molecule has 0 unspecified atom stereocenters. The average Bonchev–Trinajstić information content (AvgIpc) is 2.18. The first kappa shape index (κ1) is 13.6. The lowest BCUT2D eigenvalue weighted by atomic mass is 10.3. The Morgan fingerprint density at radius 1 is 1.38 bits per heavy atom. The predicted octanol–water partition coefficient (Wildman–Crippen LogP) is 1.23. The number of hydrogen-bond donors (Lipinski definition) is 1. The molecule has 5 nitrogen and oxygen atoms in total. The van der Waals surface area contributed by atoms with Crippen LogP contribution in [0.3, 0.4) is 0 Å². The summed E-state index contributed by atoms with van der Waals surface area (Å²) in [6, 6.07) is 0. The number of halogens is 1. The van der Waals surface area contributed by atoms with Crippen molar-refractivity contribution in [3.05, 3.63) is 15.1 Å². The van der Waals surface area contributed by atoms with E-state index in [2.05, 4.69) is 37.9 Å². The molecule has 1 rings (SSSR count). The molecule has 0 saturated heterocycles. The molecular formula is C9H14IN3O2S. The minimum absolute atomic E-state index is 0.119. The third-order valence-electron chi connectivity index (χ3n) is 1.93. The Hall–Kier alpha value is -0.440. The van der Waals surface area contributed by atoms with Crippen molar-refractivity contribution >= 4 is 38.2 Å². The van der Waals surface area contributed by atoms with Crippen molar-refractivity contribution in [3.63, 3.8) is 0 Å². The molecule has 0 fully saturated rings. The topological polar surface area (TPSA) is 72.0 Å². The smallest absolute Gasteiger partial charge is 0.154 e. The molecule has 16 heavy (non-hydrogen) atoms. The van der Waals surface area contributed by atoms with E-state index in [1.54, 1.807) is 7.05 Å². The summed E-state index contributed by atoms with van der Waals surface area (Å²) in [7, 11) is -1.34. The normalized spacial score (nSPS) is 11.5. The van der Waals surface area contributed by atoms with Crippen LogP contribution in [0.15, 0.2) is 0 Å². The molecule has 0 saturated carbocycles. The molecule has 0 aliphatic carbocycles. The van der Waals surface area contributed by atoms with E-state index < -0.39 is 9.84 Å². The second-order valence-electron chi connectivity index (χ2n) is 3.42. The molecule has 0 amide bonds. The molecule has 1 aromatic heterocycles. The van der Waals surface area contributed by atoms with Gasteiger partial charge in [0.2, 0.25) is 0 Å². The number of hydrogen-bond acceptors (Lipinski definition) is 5. The third kappa shape index (κ3) is 3.55. The van der Waals surface area contributed by atoms with Gasteiger partial charge in [-0.05, 0) is 29.0 Å². The van der Waals surface area contributed by atoms with Gasteiger partial charge in [-0.1, -0.05) is 6.92 Å². The largest absolute Gasteiger partial charge is 0.372 e. The number of rotatable bonds is 4. The van der Waals surface area contributed by atoms with Crippen molar-refractivity contribution in [3.8, 4) is 0 Å². The highest BCUT2D eigenvalue weighted by Crippen LogP contribution is 2.19. The van der Waals surface area contributed by atoms with E-state index in [9.17, 15) is 8.42 Å². The number of aromatic nitrogens is 2. The van der Waals surface area contributed by atoms with Gasteiger partial charge in [0, 0.05) is 13.3 Å². The molecule has 0 aromatic carbocycles. The molecule has 0 aliphatic heterocycles. The van der Waals surface area contributed by atoms with Gasteiger partial charge in [0.25, 0.3) is 0 Å². The van der Waals surface area contributed by atoms with Gasteiger partial charge in [-0.2, -0.15) is 0 Å². The monoisotopic (exact) mass is 355 g/mol. The summed E-state index contributed by atoms with van der Waals surface area (Å²) >= 11 is 2.16. The second-order valence-corrected chi connectivity index (χ2v) is 6.64. The van der Waals surface area contributed by atoms with Gasteiger partial charge in [-0.25, -0.2) is 18.4 Å². The first-order valence-electron chi connectivity index (χ1n) is 4.78. The molecule has 0 radical (unpaired) electrons. The summed E-state index contributed by atoms with van der Waals surface area (Å²) in [5.74, 6) is 0.918. The zero-order chi connectivity index (χ0) is 12.3. The van der Waals surface area contributed by atoms with Crippen molar-refractivity contribution in [2.75, 3.05) is 18.6 Å². The van der Waals surface area contributed by atoms with E-state index in [-0.39, 0.29) is 5.75 Å². The fourth-order valence-electron chi connectivity index (χ4n) is 1.24. The number of aryl methyl sites for hydroxylation is 1.